The average molecular weight is 294 g/mol. The van der Waals surface area contributed by atoms with Crippen LogP contribution in [0.1, 0.15) is 18.5 Å². The minimum atomic E-state index is -0.191. The molecule has 0 saturated carbocycles. The van der Waals surface area contributed by atoms with Crippen LogP contribution in [0.4, 0.5) is 0 Å². The molecule has 106 valence electrons. The van der Waals surface area contributed by atoms with Gasteiger partial charge >= 0.3 is 0 Å². The van der Waals surface area contributed by atoms with Crippen molar-refractivity contribution in [3.63, 3.8) is 0 Å². The van der Waals surface area contributed by atoms with E-state index in [1.165, 1.54) is 0 Å². The maximum absolute atomic E-state index is 11.2. The van der Waals surface area contributed by atoms with Gasteiger partial charge in [0, 0.05) is 22.9 Å². The summed E-state index contributed by atoms with van der Waals surface area (Å²) in [6, 6.07) is 5.49. The fourth-order valence-electron chi connectivity index (χ4n) is 2.66. The van der Waals surface area contributed by atoms with Crippen LogP contribution >= 0.6 is 11.6 Å². The summed E-state index contributed by atoms with van der Waals surface area (Å²) < 4.78 is 5.30. The molecule has 2 heterocycles. The van der Waals surface area contributed by atoms with E-state index in [9.17, 15) is 4.79 Å². The van der Waals surface area contributed by atoms with Crippen molar-refractivity contribution in [3.05, 3.63) is 28.9 Å². The first kappa shape index (κ1) is 13.4. The summed E-state index contributed by atoms with van der Waals surface area (Å²) in [4.78, 5) is 13.4. The van der Waals surface area contributed by atoms with Gasteiger partial charge in [-0.2, -0.15) is 0 Å². The predicted octanol–water partition coefficient (Wildman–Crippen LogP) is 2.18. The molecule has 1 aliphatic rings. The highest BCUT2D eigenvalue weighted by Gasteiger charge is 2.24. The summed E-state index contributed by atoms with van der Waals surface area (Å²) in [6.07, 6.45) is 1.62. The van der Waals surface area contributed by atoms with Crippen LogP contribution in [-0.4, -0.2) is 29.1 Å². The van der Waals surface area contributed by atoms with Crippen molar-refractivity contribution in [2.24, 2.45) is 11.7 Å². The maximum atomic E-state index is 11.2. The highest BCUT2D eigenvalue weighted by molar-refractivity contribution is 6.31. The zero-order chi connectivity index (χ0) is 14.1. The van der Waals surface area contributed by atoms with Crippen LogP contribution in [-0.2, 0) is 11.3 Å². The van der Waals surface area contributed by atoms with Crippen LogP contribution in [0.5, 0.6) is 0 Å². The van der Waals surface area contributed by atoms with E-state index in [4.69, 9.17) is 21.9 Å². The number of carbonyl (C=O) groups is 1. The van der Waals surface area contributed by atoms with Gasteiger partial charge in [0.1, 0.15) is 5.69 Å². The number of hydrogen-bond donors (Lipinski definition) is 1. The summed E-state index contributed by atoms with van der Waals surface area (Å²) >= 11 is 6.01. The summed E-state index contributed by atoms with van der Waals surface area (Å²) in [5.74, 6) is -0.182. The fraction of sp³-hybridized carbons (Fsp3) is 0.429. The van der Waals surface area contributed by atoms with Crippen molar-refractivity contribution in [1.29, 1.82) is 0 Å². The maximum Gasteiger partial charge on any atom is 0.220 e. The van der Waals surface area contributed by atoms with Gasteiger partial charge in [0.25, 0.3) is 0 Å². The molecule has 0 unspecified atom stereocenters. The number of hydrogen-bond acceptors (Lipinski definition) is 4. The lowest BCUT2D eigenvalue weighted by Crippen LogP contribution is -2.38. The topological polar surface area (TPSA) is 72.4 Å². The lowest BCUT2D eigenvalue weighted by atomic mass is 9.96. The molecule has 20 heavy (non-hydrogen) atoms. The molecule has 0 bridgehead atoms. The Kier molecular flexibility index (Phi) is 3.63. The predicted molar refractivity (Wildman–Crippen MR) is 76.2 cm³/mol. The molecule has 1 fully saturated rings. The van der Waals surface area contributed by atoms with Crippen LogP contribution in [0.3, 0.4) is 0 Å². The molecule has 2 aromatic rings. The Balaban J connectivity index is 1.71. The molecule has 0 spiro atoms. The van der Waals surface area contributed by atoms with Gasteiger partial charge in [0.2, 0.25) is 5.91 Å². The minimum absolute atomic E-state index is 0.00903. The average Bonchev–Trinajstić information content (AvgIpc) is 2.82. The molecule has 6 heteroatoms. The number of carbonyl (C=O) groups excluding carboxylic acids is 1. The molecule has 1 saturated heterocycles. The minimum Gasteiger partial charge on any atom is -0.369 e. The number of nitrogens with zero attached hydrogens (tertiary/aromatic N) is 2. The number of rotatable bonds is 3. The fourth-order valence-corrected chi connectivity index (χ4v) is 2.83. The van der Waals surface area contributed by atoms with E-state index in [2.05, 4.69) is 10.1 Å². The van der Waals surface area contributed by atoms with E-state index < -0.39 is 0 Å². The zero-order valence-corrected chi connectivity index (χ0v) is 11.8. The molecule has 1 aliphatic heterocycles. The molecule has 5 nitrogen and oxygen atoms in total. The molecular formula is C14H16ClN3O2. The molecule has 1 aromatic carbocycles. The van der Waals surface area contributed by atoms with E-state index in [1.807, 2.05) is 12.1 Å². The molecule has 1 aromatic heterocycles. The van der Waals surface area contributed by atoms with Crippen molar-refractivity contribution >= 4 is 28.5 Å². The Hall–Kier alpha value is -1.59. The monoisotopic (exact) mass is 293 g/mol. The Morgan fingerprint density at radius 3 is 2.90 bits per heavy atom. The van der Waals surface area contributed by atoms with Crippen LogP contribution in [0.25, 0.3) is 11.0 Å². The SMILES string of the molecule is NC(=O)C1CCN(Cc2noc3ccc(Cl)cc23)CC1. The molecule has 0 aliphatic carbocycles. The molecule has 2 N–H and O–H groups in total. The number of benzene rings is 1. The third-order valence-electron chi connectivity index (χ3n) is 3.87. The second kappa shape index (κ2) is 5.42. The lowest BCUT2D eigenvalue weighted by molar-refractivity contribution is -0.123. The smallest absolute Gasteiger partial charge is 0.220 e. The summed E-state index contributed by atoms with van der Waals surface area (Å²) in [5, 5.41) is 5.75. The molecule has 3 rings (SSSR count). The Morgan fingerprint density at radius 1 is 1.45 bits per heavy atom. The number of fused-ring (bicyclic) bond motifs is 1. The van der Waals surface area contributed by atoms with Gasteiger partial charge in [-0.3, -0.25) is 9.69 Å². The van der Waals surface area contributed by atoms with E-state index in [-0.39, 0.29) is 11.8 Å². The largest absolute Gasteiger partial charge is 0.369 e. The first-order valence-corrected chi connectivity index (χ1v) is 7.07. The van der Waals surface area contributed by atoms with Crippen LogP contribution < -0.4 is 5.73 Å². The first-order valence-electron chi connectivity index (χ1n) is 6.69. The summed E-state index contributed by atoms with van der Waals surface area (Å²) in [6.45, 7) is 2.41. The van der Waals surface area contributed by atoms with Crippen molar-refractivity contribution in [2.45, 2.75) is 19.4 Å². The van der Waals surface area contributed by atoms with Crippen LogP contribution in [0.2, 0.25) is 5.02 Å². The molecule has 0 atom stereocenters. The third-order valence-corrected chi connectivity index (χ3v) is 4.11. The number of halogens is 1. The van der Waals surface area contributed by atoms with Crippen molar-refractivity contribution in [2.75, 3.05) is 13.1 Å². The van der Waals surface area contributed by atoms with Crippen LogP contribution in [0, 0.1) is 5.92 Å². The van der Waals surface area contributed by atoms with Gasteiger partial charge < -0.3 is 10.3 Å². The number of likely N-dealkylation sites (tertiary alicyclic amines) is 1. The van der Waals surface area contributed by atoms with Gasteiger partial charge in [-0.15, -0.1) is 0 Å². The summed E-state index contributed by atoms with van der Waals surface area (Å²) in [5.41, 5.74) is 6.98. The highest BCUT2D eigenvalue weighted by atomic mass is 35.5. The zero-order valence-electron chi connectivity index (χ0n) is 11.0. The second-order valence-electron chi connectivity index (χ2n) is 5.22. The van der Waals surface area contributed by atoms with Gasteiger partial charge in [-0.25, -0.2) is 0 Å². The second-order valence-corrected chi connectivity index (χ2v) is 5.66. The highest BCUT2D eigenvalue weighted by Crippen LogP contribution is 2.25. The first-order chi connectivity index (χ1) is 9.63. The number of piperidine rings is 1. The van der Waals surface area contributed by atoms with Gasteiger partial charge in [0.15, 0.2) is 5.58 Å². The standard InChI is InChI=1S/C14H16ClN3O2/c15-10-1-2-13-11(7-10)12(17-20-13)8-18-5-3-9(4-6-18)14(16)19/h1-2,7,9H,3-6,8H2,(H2,16,19). The Morgan fingerprint density at radius 2 is 2.20 bits per heavy atom. The van der Waals surface area contributed by atoms with E-state index >= 15 is 0 Å². The van der Waals surface area contributed by atoms with Crippen molar-refractivity contribution in [3.8, 4) is 0 Å². The number of aromatic nitrogens is 1. The van der Waals surface area contributed by atoms with Crippen LogP contribution in [0.15, 0.2) is 22.7 Å². The lowest BCUT2D eigenvalue weighted by Gasteiger charge is -2.29. The van der Waals surface area contributed by atoms with E-state index in [0.717, 1.165) is 42.6 Å². The number of nitrogens with two attached hydrogens (primary N) is 1. The quantitative estimate of drug-likeness (QED) is 0.941. The third kappa shape index (κ3) is 2.64. The number of amides is 1. The van der Waals surface area contributed by atoms with Gasteiger partial charge in [0.05, 0.1) is 0 Å². The molecular weight excluding hydrogens is 278 g/mol. The Labute approximate surface area is 121 Å². The van der Waals surface area contributed by atoms with Crippen molar-refractivity contribution in [1.82, 2.24) is 10.1 Å². The normalized spacial score (nSPS) is 17.6. The molecule has 0 radical (unpaired) electrons. The van der Waals surface area contributed by atoms with Gasteiger partial charge in [-0.05, 0) is 44.1 Å². The Bertz CT molecular complexity index is 632. The molecule has 1 amide bonds. The number of primary amides is 1. The van der Waals surface area contributed by atoms with Gasteiger partial charge in [-0.1, -0.05) is 16.8 Å². The van der Waals surface area contributed by atoms with E-state index in [1.54, 1.807) is 6.07 Å². The summed E-state index contributed by atoms with van der Waals surface area (Å²) in [7, 11) is 0. The van der Waals surface area contributed by atoms with Crippen molar-refractivity contribution < 1.29 is 9.32 Å². The van der Waals surface area contributed by atoms with E-state index in [0.29, 0.717) is 11.6 Å².